The fourth-order valence-electron chi connectivity index (χ4n) is 4.90. The van der Waals surface area contributed by atoms with Crippen LogP contribution in [0, 0.1) is 0 Å². The second-order valence-electron chi connectivity index (χ2n) is 10.7. The summed E-state index contributed by atoms with van der Waals surface area (Å²) in [5.74, 6) is -1.26. The molecular weight excluding hydrogens is 540 g/mol. The molecule has 0 heterocycles. The first-order chi connectivity index (χ1) is 20.8. The summed E-state index contributed by atoms with van der Waals surface area (Å²) in [4.78, 5) is 23.9. The van der Waals surface area contributed by atoms with Crippen molar-refractivity contribution in [3.8, 4) is 22.3 Å². The van der Waals surface area contributed by atoms with Crippen molar-refractivity contribution in [1.82, 2.24) is 0 Å². The van der Waals surface area contributed by atoms with Crippen LogP contribution in [0.4, 0.5) is 0 Å². The molecule has 0 amide bonds. The van der Waals surface area contributed by atoms with Gasteiger partial charge in [0.25, 0.3) is 0 Å². The summed E-state index contributed by atoms with van der Waals surface area (Å²) in [7, 11) is 0. The molecule has 228 valence electrons. The molecule has 0 fully saturated rings. The molecule has 6 heteroatoms. The summed E-state index contributed by atoms with van der Waals surface area (Å²) in [6.45, 7) is 10.7. The maximum atomic E-state index is 12.0. The average Bonchev–Trinajstić information content (AvgIpc) is 3.04. The summed E-state index contributed by atoms with van der Waals surface area (Å²) < 4.78 is 10.6. The lowest BCUT2D eigenvalue weighted by molar-refractivity contribution is -0.140. The van der Waals surface area contributed by atoms with Crippen molar-refractivity contribution in [2.24, 2.45) is 0 Å². The summed E-state index contributed by atoms with van der Waals surface area (Å²) in [5, 5.41) is 18.3. The van der Waals surface area contributed by atoms with Gasteiger partial charge in [0.1, 0.15) is 0 Å². The van der Waals surface area contributed by atoms with E-state index in [1.165, 1.54) is 41.5 Å². The van der Waals surface area contributed by atoms with E-state index in [2.05, 4.69) is 75.5 Å². The van der Waals surface area contributed by atoms with Crippen LogP contribution >= 0.6 is 0 Å². The molecular formula is C37H44O6. The van der Waals surface area contributed by atoms with Crippen molar-refractivity contribution in [2.75, 3.05) is 26.4 Å². The summed E-state index contributed by atoms with van der Waals surface area (Å²) in [6, 6.07) is 21.6. The van der Waals surface area contributed by atoms with Crippen molar-refractivity contribution >= 4 is 11.9 Å². The van der Waals surface area contributed by atoms with Crippen molar-refractivity contribution in [3.63, 3.8) is 0 Å². The van der Waals surface area contributed by atoms with E-state index < -0.39 is 25.2 Å². The number of carbonyl (C=O) groups excluding carboxylic acids is 2. The first-order valence-corrected chi connectivity index (χ1v) is 15.1. The highest BCUT2D eigenvalue weighted by molar-refractivity contribution is 5.88. The highest BCUT2D eigenvalue weighted by Gasteiger charge is 2.13. The molecule has 2 N–H and O–H groups in total. The molecule has 0 aliphatic heterocycles. The van der Waals surface area contributed by atoms with Gasteiger partial charge in [-0.15, -0.1) is 0 Å². The van der Waals surface area contributed by atoms with E-state index in [0.29, 0.717) is 12.8 Å². The SMILES string of the molecule is C=C(CO)C(=O)OCCc1ccc(-c2ccc(-c3ccc(CCCCC)cc3)c(CC)c2)cc1CCOC(=O)C(=C)CO. The van der Waals surface area contributed by atoms with E-state index in [-0.39, 0.29) is 24.4 Å². The van der Waals surface area contributed by atoms with Crippen LogP contribution in [0.25, 0.3) is 22.3 Å². The van der Waals surface area contributed by atoms with Gasteiger partial charge in [-0.2, -0.15) is 0 Å². The minimum Gasteiger partial charge on any atom is -0.462 e. The van der Waals surface area contributed by atoms with Crippen LogP contribution in [0.3, 0.4) is 0 Å². The van der Waals surface area contributed by atoms with Crippen LogP contribution in [-0.2, 0) is 44.7 Å². The van der Waals surface area contributed by atoms with Gasteiger partial charge < -0.3 is 19.7 Å². The van der Waals surface area contributed by atoms with Gasteiger partial charge in [-0.1, -0.05) is 101 Å². The molecule has 0 aromatic heterocycles. The molecule has 0 atom stereocenters. The van der Waals surface area contributed by atoms with Crippen LogP contribution in [0.2, 0.25) is 0 Å². The van der Waals surface area contributed by atoms with Gasteiger partial charge >= 0.3 is 11.9 Å². The third-order valence-electron chi connectivity index (χ3n) is 7.53. The minimum atomic E-state index is -0.631. The Hall–Kier alpha value is -4.00. The molecule has 0 spiro atoms. The Bertz CT molecular complexity index is 1400. The van der Waals surface area contributed by atoms with Gasteiger partial charge in [-0.25, -0.2) is 9.59 Å². The van der Waals surface area contributed by atoms with Crippen molar-refractivity contribution in [2.45, 2.75) is 58.8 Å². The minimum absolute atomic E-state index is 0.00307. The molecule has 3 rings (SSSR count). The van der Waals surface area contributed by atoms with Gasteiger partial charge in [0.2, 0.25) is 0 Å². The zero-order valence-corrected chi connectivity index (χ0v) is 25.5. The standard InChI is InChI=1S/C37H44O6/c1-5-7-8-9-28-10-12-31(13-11-28)35-17-16-33(22-29(35)6-2)32-15-14-30(18-20-42-36(40)26(3)24-38)34(23-32)19-21-43-37(41)27(4)25-39/h10-17,22-23,38-39H,3-9,18-21,24-25H2,1-2H3. The predicted molar refractivity (Wildman–Crippen MR) is 172 cm³/mol. The lowest BCUT2D eigenvalue weighted by atomic mass is 9.91. The Balaban J connectivity index is 1.83. The first-order valence-electron chi connectivity index (χ1n) is 15.1. The van der Waals surface area contributed by atoms with Crippen LogP contribution in [0.5, 0.6) is 0 Å². The molecule has 43 heavy (non-hydrogen) atoms. The summed E-state index contributed by atoms with van der Waals surface area (Å²) >= 11 is 0. The number of unbranched alkanes of at least 4 members (excludes halogenated alkanes) is 2. The number of aliphatic hydroxyl groups is 2. The second-order valence-corrected chi connectivity index (χ2v) is 10.7. The predicted octanol–water partition coefficient (Wildman–Crippen LogP) is 6.58. The highest BCUT2D eigenvalue weighted by atomic mass is 16.5. The fraction of sp³-hybridized carbons (Fsp3) is 0.351. The monoisotopic (exact) mass is 584 g/mol. The fourth-order valence-corrected chi connectivity index (χ4v) is 4.90. The number of hydrogen-bond donors (Lipinski definition) is 2. The number of aryl methyl sites for hydroxylation is 2. The zero-order chi connectivity index (χ0) is 31.2. The van der Waals surface area contributed by atoms with Crippen molar-refractivity contribution in [3.05, 3.63) is 107 Å². The normalized spacial score (nSPS) is 10.8. The average molecular weight is 585 g/mol. The molecule has 0 bridgehead atoms. The van der Waals surface area contributed by atoms with Crippen LogP contribution < -0.4 is 0 Å². The van der Waals surface area contributed by atoms with Crippen LogP contribution in [0.1, 0.15) is 55.4 Å². The van der Waals surface area contributed by atoms with E-state index in [1.54, 1.807) is 0 Å². The number of hydrogen-bond acceptors (Lipinski definition) is 6. The third-order valence-corrected chi connectivity index (χ3v) is 7.53. The number of rotatable bonds is 17. The first kappa shape index (κ1) is 33.5. The Labute approximate surface area is 255 Å². The Kier molecular flexibility index (Phi) is 13.4. The van der Waals surface area contributed by atoms with E-state index in [4.69, 9.17) is 19.7 Å². The number of ether oxygens (including phenoxy) is 2. The third kappa shape index (κ3) is 9.77. The van der Waals surface area contributed by atoms with Crippen molar-refractivity contribution in [1.29, 1.82) is 0 Å². The smallest absolute Gasteiger partial charge is 0.335 e. The Morgan fingerprint density at radius 1 is 0.651 bits per heavy atom. The molecule has 0 saturated heterocycles. The lowest BCUT2D eigenvalue weighted by Crippen LogP contribution is -2.14. The van der Waals surface area contributed by atoms with Crippen LogP contribution in [-0.4, -0.2) is 48.6 Å². The van der Waals surface area contributed by atoms with E-state index in [1.807, 2.05) is 12.1 Å². The number of benzene rings is 3. The zero-order valence-electron chi connectivity index (χ0n) is 25.5. The van der Waals surface area contributed by atoms with E-state index in [9.17, 15) is 9.59 Å². The molecule has 0 aliphatic carbocycles. The van der Waals surface area contributed by atoms with Gasteiger partial charge in [0.05, 0.1) is 37.6 Å². The highest BCUT2D eigenvalue weighted by Crippen LogP contribution is 2.31. The molecule has 3 aromatic carbocycles. The Morgan fingerprint density at radius 2 is 1.19 bits per heavy atom. The number of carbonyl (C=O) groups is 2. The lowest BCUT2D eigenvalue weighted by Gasteiger charge is -2.15. The van der Waals surface area contributed by atoms with Gasteiger partial charge in [-0.05, 0) is 63.8 Å². The molecule has 0 unspecified atom stereocenters. The molecule has 0 saturated carbocycles. The second kappa shape index (κ2) is 17.2. The van der Waals surface area contributed by atoms with Crippen LogP contribution in [0.15, 0.2) is 85.0 Å². The molecule has 0 aliphatic rings. The van der Waals surface area contributed by atoms with Gasteiger partial charge in [0, 0.05) is 12.8 Å². The Morgan fingerprint density at radius 3 is 1.74 bits per heavy atom. The van der Waals surface area contributed by atoms with E-state index in [0.717, 1.165) is 35.1 Å². The molecule has 0 radical (unpaired) electrons. The molecule has 3 aromatic rings. The topological polar surface area (TPSA) is 93.1 Å². The van der Waals surface area contributed by atoms with E-state index >= 15 is 0 Å². The number of esters is 2. The van der Waals surface area contributed by atoms with Gasteiger partial charge in [-0.3, -0.25) is 0 Å². The summed E-state index contributed by atoms with van der Waals surface area (Å²) in [5.41, 5.74) is 9.10. The maximum absolute atomic E-state index is 12.0. The van der Waals surface area contributed by atoms with Crippen molar-refractivity contribution < 1.29 is 29.3 Å². The molecule has 6 nitrogen and oxygen atoms in total. The maximum Gasteiger partial charge on any atom is 0.335 e. The summed E-state index contributed by atoms with van der Waals surface area (Å²) in [6.07, 6.45) is 6.59. The largest absolute Gasteiger partial charge is 0.462 e. The van der Waals surface area contributed by atoms with Gasteiger partial charge in [0.15, 0.2) is 0 Å². The number of aliphatic hydroxyl groups excluding tert-OH is 2. The quantitative estimate of drug-likeness (QED) is 0.106.